The molecular weight excluding hydrogens is 264 g/mol. The molecule has 0 aliphatic heterocycles. The van der Waals surface area contributed by atoms with Crippen LogP contribution in [0.15, 0.2) is 0 Å². The van der Waals surface area contributed by atoms with Crippen molar-refractivity contribution in [3.63, 3.8) is 0 Å². The summed E-state index contributed by atoms with van der Waals surface area (Å²) in [6.07, 6.45) is 0.375. The van der Waals surface area contributed by atoms with Crippen LogP contribution in [0.2, 0.25) is 5.02 Å². The zero-order valence-electron chi connectivity index (χ0n) is 12.7. The van der Waals surface area contributed by atoms with Gasteiger partial charge in [0.15, 0.2) is 0 Å². The summed E-state index contributed by atoms with van der Waals surface area (Å²) in [5, 5.41) is 15.4. The number of aliphatic hydroxyl groups is 1. The molecule has 0 aromatic carbocycles. The molecular formula is C14H25ClN2O2. The van der Waals surface area contributed by atoms with Gasteiger partial charge in [-0.05, 0) is 11.8 Å². The van der Waals surface area contributed by atoms with Crippen LogP contribution in [0, 0.1) is 5.41 Å². The molecule has 0 saturated carbocycles. The van der Waals surface area contributed by atoms with Crippen molar-refractivity contribution in [3.8, 4) is 0 Å². The first-order valence-electron chi connectivity index (χ1n) is 6.63. The van der Waals surface area contributed by atoms with Crippen LogP contribution in [0.1, 0.15) is 39.1 Å². The van der Waals surface area contributed by atoms with E-state index < -0.39 is 6.10 Å². The minimum absolute atomic E-state index is 0.132. The van der Waals surface area contributed by atoms with E-state index in [4.69, 9.17) is 16.3 Å². The third kappa shape index (κ3) is 3.71. The van der Waals surface area contributed by atoms with Crippen LogP contribution in [-0.4, -0.2) is 34.2 Å². The molecule has 4 nitrogen and oxygen atoms in total. The lowest BCUT2D eigenvalue weighted by atomic mass is 9.84. The number of hydrogen-bond donors (Lipinski definition) is 1. The van der Waals surface area contributed by atoms with Crippen LogP contribution in [0.4, 0.5) is 0 Å². The Balaban J connectivity index is 2.93. The number of aryl methyl sites for hydroxylation is 2. The van der Waals surface area contributed by atoms with E-state index in [1.54, 1.807) is 11.8 Å². The van der Waals surface area contributed by atoms with Gasteiger partial charge in [0.2, 0.25) is 0 Å². The maximum absolute atomic E-state index is 10.4. The predicted octanol–water partition coefficient (Wildman–Crippen LogP) is 2.60. The molecule has 110 valence electrons. The standard InChI is InChI=1S/C14H25ClN2O2/c1-7-9-12(15)10(17(5)16-9)8-11(18)13(19-6)14(2,3)4/h11,13,18H,7-8H2,1-6H3. The predicted molar refractivity (Wildman–Crippen MR) is 77.6 cm³/mol. The lowest BCUT2D eigenvalue weighted by molar-refractivity contribution is -0.0704. The first-order valence-corrected chi connectivity index (χ1v) is 7.01. The number of methoxy groups -OCH3 is 1. The Hall–Kier alpha value is -0.580. The molecule has 0 saturated heterocycles. The first-order chi connectivity index (χ1) is 8.72. The van der Waals surface area contributed by atoms with Gasteiger partial charge in [0.1, 0.15) is 0 Å². The molecule has 2 atom stereocenters. The van der Waals surface area contributed by atoms with Crippen LogP contribution >= 0.6 is 11.6 Å². The number of ether oxygens (including phenoxy) is 1. The van der Waals surface area contributed by atoms with Gasteiger partial charge in [-0.1, -0.05) is 39.3 Å². The molecule has 19 heavy (non-hydrogen) atoms. The molecule has 1 aromatic rings. The Morgan fingerprint density at radius 2 is 2.00 bits per heavy atom. The number of hydrogen-bond acceptors (Lipinski definition) is 3. The number of aliphatic hydroxyl groups excluding tert-OH is 1. The van der Waals surface area contributed by atoms with Crippen molar-refractivity contribution in [3.05, 3.63) is 16.4 Å². The van der Waals surface area contributed by atoms with Crippen LogP contribution < -0.4 is 0 Å². The van der Waals surface area contributed by atoms with Crippen LogP contribution in [-0.2, 0) is 24.6 Å². The summed E-state index contributed by atoms with van der Waals surface area (Å²) in [7, 11) is 3.48. The Morgan fingerprint density at radius 1 is 1.42 bits per heavy atom. The van der Waals surface area contributed by atoms with Crippen molar-refractivity contribution < 1.29 is 9.84 Å². The summed E-state index contributed by atoms with van der Waals surface area (Å²) in [4.78, 5) is 0. The normalized spacial score (nSPS) is 15.6. The van der Waals surface area contributed by atoms with Gasteiger partial charge >= 0.3 is 0 Å². The van der Waals surface area contributed by atoms with Crippen molar-refractivity contribution in [1.82, 2.24) is 9.78 Å². The molecule has 0 radical (unpaired) electrons. The maximum Gasteiger partial charge on any atom is 0.0882 e. The summed E-state index contributed by atoms with van der Waals surface area (Å²) in [5.41, 5.74) is 1.60. The monoisotopic (exact) mass is 288 g/mol. The van der Waals surface area contributed by atoms with E-state index in [-0.39, 0.29) is 11.5 Å². The van der Waals surface area contributed by atoms with E-state index in [9.17, 15) is 5.11 Å². The molecule has 0 bridgehead atoms. The quantitative estimate of drug-likeness (QED) is 0.906. The van der Waals surface area contributed by atoms with Gasteiger partial charge in [-0.3, -0.25) is 4.68 Å². The van der Waals surface area contributed by atoms with Crippen molar-refractivity contribution >= 4 is 11.6 Å². The minimum atomic E-state index is -0.609. The van der Waals surface area contributed by atoms with Crippen molar-refractivity contribution in [2.75, 3.05) is 7.11 Å². The van der Waals surface area contributed by atoms with Gasteiger partial charge in [-0.2, -0.15) is 5.10 Å². The molecule has 1 heterocycles. The van der Waals surface area contributed by atoms with E-state index >= 15 is 0 Å². The molecule has 0 spiro atoms. The van der Waals surface area contributed by atoms with Gasteiger partial charge in [0.25, 0.3) is 0 Å². The molecule has 1 aromatic heterocycles. The minimum Gasteiger partial charge on any atom is -0.390 e. The maximum atomic E-state index is 10.4. The third-order valence-electron chi connectivity index (χ3n) is 3.36. The summed E-state index contributed by atoms with van der Waals surface area (Å²) in [6, 6.07) is 0. The fourth-order valence-electron chi connectivity index (χ4n) is 2.43. The molecule has 1 N–H and O–H groups in total. The van der Waals surface area contributed by atoms with Gasteiger partial charge in [-0.15, -0.1) is 0 Å². The largest absolute Gasteiger partial charge is 0.390 e. The van der Waals surface area contributed by atoms with E-state index in [1.807, 2.05) is 34.7 Å². The highest BCUT2D eigenvalue weighted by atomic mass is 35.5. The summed E-state index contributed by atoms with van der Waals surface area (Å²) in [6.45, 7) is 8.16. The van der Waals surface area contributed by atoms with Crippen LogP contribution in [0.3, 0.4) is 0 Å². The van der Waals surface area contributed by atoms with Crippen molar-refractivity contribution in [1.29, 1.82) is 0 Å². The fourth-order valence-corrected chi connectivity index (χ4v) is 2.81. The van der Waals surface area contributed by atoms with Crippen LogP contribution in [0.5, 0.6) is 0 Å². The lowest BCUT2D eigenvalue weighted by Gasteiger charge is -2.33. The Labute approximate surface area is 120 Å². The van der Waals surface area contributed by atoms with Crippen molar-refractivity contribution in [2.24, 2.45) is 12.5 Å². The van der Waals surface area contributed by atoms with Crippen molar-refractivity contribution in [2.45, 2.75) is 52.7 Å². The molecule has 1 rings (SSSR count). The Morgan fingerprint density at radius 3 is 2.37 bits per heavy atom. The lowest BCUT2D eigenvalue weighted by Crippen LogP contribution is -2.40. The second-order valence-corrected chi connectivity index (χ2v) is 6.36. The summed E-state index contributed by atoms with van der Waals surface area (Å²) < 4.78 is 7.19. The SMILES string of the molecule is CCc1nn(C)c(CC(O)C(OC)C(C)(C)C)c1Cl. The topological polar surface area (TPSA) is 47.3 Å². The molecule has 0 amide bonds. The van der Waals surface area contributed by atoms with E-state index in [0.29, 0.717) is 11.4 Å². The molecule has 2 unspecified atom stereocenters. The van der Waals surface area contributed by atoms with E-state index in [2.05, 4.69) is 5.10 Å². The van der Waals surface area contributed by atoms with Gasteiger partial charge < -0.3 is 9.84 Å². The average molecular weight is 289 g/mol. The summed E-state index contributed by atoms with van der Waals surface area (Å²) in [5.74, 6) is 0. The third-order valence-corrected chi connectivity index (χ3v) is 3.80. The highest BCUT2D eigenvalue weighted by molar-refractivity contribution is 6.31. The second-order valence-electron chi connectivity index (χ2n) is 5.98. The highest BCUT2D eigenvalue weighted by Gasteiger charge is 2.32. The van der Waals surface area contributed by atoms with Gasteiger partial charge in [0, 0.05) is 20.6 Å². The zero-order chi connectivity index (χ0) is 14.8. The smallest absolute Gasteiger partial charge is 0.0882 e. The molecule has 0 aliphatic carbocycles. The van der Waals surface area contributed by atoms with Gasteiger partial charge in [-0.25, -0.2) is 0 Å². The molecule has 0 fully saturated rings. The number of halogens is 1. The van der Waals surface area contributed by atoms with Crippen LogP contribution in [0.25, 0.3) is 0 Å². The number of rotatable bonds is 5. The van der Waals surface area contributed by atoms with Gasteiger partial charge in [0.05, 0.1) is 28.6 Å². The second kappa shape index (κ2) is 6.25. The molecule has 0 aliphatic rings. The average Bonchev–Trinajstić information content (AvgIpc) is 2.55. The number of aromatic nitrogens is 2. The van der Waals surface area contributed by atoms with E-state index in [0.717, 1.165) is 17.8 Å². The zero-order valence-corrected chi connectivity index (χ0v) is 13.5. The fraction of sp³-hybridized carbons (Fsp3) is 0.786. The Kier molecular flexibility index (Phi) is 5.42. The summed E-state index contributed by atoms with van der Waals surface area (Å²) >= 11 is 6.30. The van der Waals surface area contributed by atoms with E-state index in [1.165, 1.54) is 0 Å². The first kappa shape index (κ1) is 16.5. The molecule has 5 heteroatoms. The highest BCUT2D eigenvalue weighted by Crippen LogP contribution is 2.28. The number of nitrogens with zero attached hydrogens (tertiary/aromatic N) is 2. The Bertz CT molecular complexity index is 424.